The van der Waals surface area contributed by atoms with Crippen LogP contribution in [0.1, 0.15) is 91.5 Å². The lowest BCUT2D eigenvalue weighted by molar-refractivity contribution is -0.238. The molecule has 1 aromatic rings. The monoisotopic (exact) mass is 579 g/mol. The molecule has 4 saturated carbocycles. The molecule has 42 heavy (non-hydrogen) atoms. The van der Waals surface area contributed by atoms with Gasteiger partial charge in [0.05, 0.1) is 0 Å². The Kier molecular flexibility index (Phi) is 7.95. The van der Waals surface area contributed by atoms with E-state index in [4.69, 9.17) is 14.2 Å². The number of ether oxygens (including phenoxy) is 3. The van der Waals surface area contributed by atoms with Crippen LogP contribution in [-0.2, 0) is 35.1 Å². The van der Waals surface area contributed by atoms with E-state index >= 15 is 0 Å². The molecule has 1 aliphatic heterocycles. The first-order chi connectivity index (χ1) is 20.0. The molecule has 1 saturated heterocycles. The van der Waals surface area contributed by atoms with Crippen molar-refractivity contribution >= 4 is 17.9 Å². The van der Waals surface area contributed by atoms with Crippen LogP contribution in [0.5, 0.6) is 0 Å². The van der Waals surface area contributed by atoms with E-state index in [1.54, 1.807) is 0 Å². The lowest BCUT2D eigenvalue weighted by Gasteiger charge is -2.67. The number of rotatable bonds is 5. The highest BCUT2D eigenvalue weighted by molar-refractivity contribution is 5.70. The smallest absolute Gasteiger partial charge is 0.306 e. The second-order valence-corrected chi connectivity index (χ2v) is 14.7. The predicted octanol–water partition coefficient (Wildman–Crippen LogP) is 5.84. The van der Waals surface area contributed by atoms with E-state index in [1.807, 2.05) is 6.07 Å². The molecule has 4 aliphatic carbocycles. The van der Waals surface area contributed by atoms with Gasteiger partial charge >= 0.3 is 17.9 Å². The number of nitrogens with one attached hydrogen (secondary N) is 1. The van der Waals surface area contributed by atoms with Gasteiger partial charge in [0.15, 0.2) is 0 Å². The highest BCUT2D eigenvalue weighted by Gasteiger charge is 2.71. The first-order valence-electron chi connectivity index (χ1n) is 16.3. The van der Waals surface area contributed by atoms with Crippen molar-refractivity contribution in [3.63, 3.8) is 0 Å². The number of fused-ring (bicyclic) bond motifs is 4. The second-order valence-electron chi connectivity index (χ2n) is 14.7. The Hall–Kier alpha value is -2.41. The van der Waals surface area contributed by atoms with Gasteiger partial charge in [-0.15, -0.1) is 0 Å². The molecule has 0 radical (unpaired) electrons. The summed E-state index contributed by atoms with van der Waals surface area (Å²) < 4.78 is 18.6. The van der Waals surface area contributed by atoms with Crippen molar-refractivity contribution in [2.24, 2.45) is 46.3 Å². The maximum absolute atomic E-state index is 13.3. The summed E-state index contributed by atoms with van der Waals surface area (Å²) in [6, 6.07) is 10.4. The molecule has 6 rings (SSSR count). The second kappa shape index (κ2) is 11.3. The van der Waals surface area contributed by atoms with Crippen LogP contribution in [0.2, 0.25) is 0 Å². The molecule has 12 atom stereocenters. The standard InChI is InChI=1S/C35H49NO6/c1-20-11-14-29(39)42-33-32(36-19-23-9-7-6-8-10-23)31-30(27-13-12-26(20)35(27,33)5)28(41-22(3)38)18-24-17-25(40-21(2)37)15-16-34(24,31)4/h6-10,20,24-28,30-33,36H,11-19H2,1-5H3/t20-,24+,25-,26-,27+,28-,30-,31-,32-,33+,34+,35-/m1/s1. The molecule has 0 amide bonds. The van der Waals surface area contributed by atoms with Gasteiger partial charge in [-0.1, -0.05) is 51.1 Å². The zero-order chi connectivity index (χ0) is 29.8. The fourth-order valence-corrected chi connectivity index (χ4v) is 10.9. The van der Waals surface area contributed by atoms with Crippen molar-refractivity contribution < 1.29 is 28.6 Å². The van der Waals surface area contributed by atoms with Gasteiger partial charge < -0.3 is 19.5 Å². The molecular formula is C35H49NO6. The van der Waals surface area contributed by atoms with Crippen molar-refractivity contribution in [3.8, 4) is 0 Å². The zero-order valence-corrected chi connectivity index (χ0v) is 26.0. The van der Waals surface area contributed by atoms with Gasteiger partial charge in [0.1, 0.15) is 18.3 Å². The highest BCUT2D eigenvalue weighted by atomic mass is 16.6. The number of carbonyl (C=O) groups excluding carboxylic acids is 3. The van der Waals surface area contributed by atoms with Crippen LogP contribution in [0, 0.1) is 46.3 Å². The van der Waals surface area contributed by atoms with E-state index in [2.05, 4.69) is 50.4 Å². The van der Waals surface area contributed by atoms with Crippen molar-refractivity contribution in [2.45, 2.75) is 117 Å². The van der Waals surface area contributed by atoms with E-state index in [0.717, 1.165) is 44.9 Å². The third-order valence-electron chi connectivity index (χ3n) is 12.6. The Balaban J connectivity index is 1.47. The number of hydrogen-bond donors (Lipinski definition) is 1. The minimum atomic E-state index is -0.255. The van der Waals surface area contributed by atoms with Crippen LogP contribution >= 0.6 is 0 Å². The van der Waals surface area contributed by atoms with Gasteiger partial charge in [-0.25, -0.2) is 0 Å². The van der Waals surface area contributed by atoms with E-state index in [9.17, 15) is 14.4 Å². The Morgan fingerprint density at radius 2 is 1.69 bits per heavy atom. The molecule has 7 heteroatoms. The largest absolute Gasteiger partial charge is 0.463 e. The third kappa shape index (κ3) is 4.97. The molecule has 0 spiro atoms. The first-order valence-corrected chi connectivity index (χ1v) is 16.3. The Bertz CT molecular complexity index is 1190. The van der Waals surface area contributed by atoms with E-state index in [1.165, 1.54) is 19.4 Å². The summed E-state index contributed by atoms with van der Waals surface area (Å²) >= 11 is 0. The van der Waals surface area contributed by atoms with Crippen LogP contribution in [0.4, 0.5) is 0 Å². The SMILES string of the molecule is CC(=O)O[C@@H]1CC[C@@]2(C)[C@@H](C1)C[C@@H](OC(C)=O)[C@@H]1[C@@H]2[C@@H](NCc2ccccc2)[C@@H]2OC(=O)CC[C@@H](C)[C@H]3CC[C@@H]1[C@@]32C. The van der Waals surface area contributed by atoms with E-state index in [-0.39, 0.29) is 70.8 Å². The molecule has 0 unspecified atom stereocenters. The van der Waals surface area contributed by atoms with E-state index in [0.29, 0.717) is 30.7 Å². The first kappa shape index (κ1) is 29.7. The number of benzene rings is 1. The van der Waals surface area contributed by atoms with Gasteiger partial charge in [0, 0.05) is 44.2 Å². The summed E-state index contributed by atoms with van der Waals surface area (Å²) in [5.74, 6) is 1.17. The Morgan fingerprint density at radius 3 is 2.40 bits per heavy atom. The molecule has 5 aliphatic rings. The molecule has 5 fully saturated rings. The Morgan fingerprint density at radius 1 is 0.976 bits per heavy atom. The number of esters is 3. The lowest BCUT2D eigenvalue weighted by atomic mass is 9.41. The lowest BCUT2D eigenvalue weighted by Crippen LogP contribution is -2.72. The molecule has 0 aromatic heterocycles. The van der Waals surface area contributed by atoms with E-state index < -0.39 is 0 Å². The van der Waals surface area contributed by atoms with Crippen molar-refractivity contribution in [2.75, 3.05) is 0 Å². The average Bonchev–Trinajstić information content (AvgIpc) is 3.29. The van der Waals surface area contributed by atoms with Crippen molar-refractivity contribution in [1.82, 2.24) is 5.32 Å². The summed E-state index contributed by atoms with van der Waals surface area (Å²) in [6.45, 7) is 10.8. The maximum Gasteiger partial charge on any atom is 0.306 e. The fourth-order valence-electron chi connectivity index (χ4n) is 10.9. The summed E-state index contributed by atoms with van der Waals surface area (Å²) in [7, 11) is 0. The van der Waals surface area contributed by atoms with Crippen molar-refractivity contribution in [1.29, 1.82) is 0 Å². The van der Waals surface area contributed by atoms with Gasteiger partial charge in [-0.05, 0) is 85.5 Å². The highest BCUT2D eigenvalue weighted by Crippen LogP contribution is 2.69. The minimum absolute atomic E-state index is 0.0773. The number of hydrogen-bond acceptors (Lipinski definition) is 7. The van der Waals surface area contributed by atoms with Crippen LogP contribution in [0.15, 0.2) is 30.3 Å². The molecular weight excluding hydrogens is 530 g/mol. The summed E-state index contributed by atoms with van der Waals surface area (Å²) in [5, 5.41) is 3.99. The molecule has 230 valence electrons. The third-order valence-corrected chi connectivity index (χ3v) is 12.6. The van der Waals surface area contributed by atoms with Gasteiger partial charge in [-0.3, -0.25) is 14.4 Å². The number of carbonyl (C=O) groups is 3. The quantitative estimate of drug-likeness (QED) is 0.346. The zero-order valence-electron chi connectivity index (χ0n) is 26.0. The fraction of sp³-hybridized carbons (Fsp3) is 0.743. The summed E-state index contributed by atoms with van der Waals surface area (Å²) in [4.78, 5) is 37.9. The molecule has 1 heterocycles. The minimum Gasteiger partial charge on any atom is -0.463 e. The van der Waals surface area contributed by atoms with Gasteiger partial charge in [0.25, 0.3) is 0 Å². The molecule has 0 bridgehead atoms. The summed E-state index contributed by atoms with van der Waals surface area (Å²) in [6.07, 6.45) is 6.25. The van der Waals surface area contributed by atoms with Gasteiger partial charge in [0.2, 0.25) is 0 Å². The van der Waals surface area contributed by atoms with Gasteiger partial charge in [-0.2, -0.15) is 0 Å². The maximum atomic E-state index is 13.3. The van der Waals surface area contributed by atoms with Crippen LogP contribution < -0.4 is 5.32 Å². The summed E-state index contributed by atoms with van der Waals surface area (Å²) in [5.41, 5.74) is 0.913. The normalized spacial score (nSPS) is 44.4. The molecule has 1 aromatic carbocycles. The van der Waals surface area contributed by atoms with Crippen LogP contribution in [0.25, 0.3) is 0 Å². The van der Waals surface area contributed by atoms with Crippen LogP contribution in [0.3, 0.4) is 0 Å². The van der Waals surface area contributed by atoms with Crippen molar-refractivity contribution in [3.05, 3.63) is 35.9 Å². The molecule has 7 nitrogen and oxygen atoms in total. The van der Waals surface area contributed by atoms with Crippen LogP contribution in [-0.4, -0.2) is 42.3 Å². The predicted molar refractivity (Wildman–Crippen MR) is 158 cm³/mol. The topological polar surface area (TPSA) is 90.9 Å². The average molecular weight is 580 g/mol. The Labute approximate surface area is 250 Å². The molecule has 1 N–H and O–H groups in total.